The van der Waals surface area contributed by atoms with Crippen molar-refractivity contribution in [3.8, 4) is 22.3 Å². The molecule has 2 aromatic heterocycles. The number of hydrogen-bond donors (Lipinski definition) is 0. The van der Waals surface area contributed by atoms with E-state index in [4.69, 9.17) is 4.98 Å². The van der Waals surface area contributed by atoms with E-state index in [1.54, 1.807) is 0 Å². The third-order valence-corrected chi connectivity index (χ3v) is 8.81. The van der Waals surface area contributed by atoms with E-state index in [1.807, 2.05) is 47.4 Å². The molecule has 5 nitrogen and oxygen atoms in total. The molecule has 1 unspecified atom stereocenters. The summed E-state index contributed by atoms with van der Waals surface area (Å²) in [7, 11) is -0.914. The van der Waals surface area contributed by atoms with E-state index < -0.39 is 10.8 Å². The van der Waals surface area contributed by atoms with E-state index in [0.717, 1.165) is 58.6 Å². The fourth-order valence-corrected chi connectivity index (χ4v) is 6.23. The average molecular weight is 487 g/mol. The second-order valence-electron chi connectivity index (χ2n) is 9.54. The Balaban J connectivity index is 0.00000253. The maximum absolute atomic E-state index is 12.6. The zero-order valence-electron chi connectivity index (χ0n) is 19.4. The van der Waals surface area contributed by atoms with Crippen LogP contribution >= 0.6 is 0 Å². The second-order valence-corrected chi connectivity index (χ2v) is 11.3. The molecule has 2 aliphatic rings. The SMILES string of the molecule is C.O=S(c1cccc(-c2cnn3cc(-c4ccc(CCN5CCCCC5)cc4)cnc23)c1)C1CC1. The Morgan fingerprint density at radius 3 is 2.49 bits per heavy atom. The van der Waals surface area contributed by atoms with E-state index in [1.165, 1.54) is 37.9 Å². The lowest BCUT2D eigenvalue weighted by molar-refractivity contribution is 0.231. The molecule has 1 saturated carbocycles. The Labute approximate surface area is 210 Å². The molecule has 1 atom stereocenters. The Bertz CT molecular complexity index is 1320. The van der Waals surface area contributed by atoms with Gasteiger partial charge in [-0.05, 0) is 74.0 Å². The van der Waals surface area contributed by atoms with Crippen LogP contribution in [0.4, 0.5) is 0 Å². The van der Waals surface area contributed by atoms with E-state index in [2.05, 4.69) is 34.3 Å². The number of rotatable bonds is 7. The van der Waals surface area contributed by atoms with E-state index in [-0.39, 0.29) is 7.43 Å². The first-order chi connectivity index (χ1) is 16.7. The van der Waals surface area contributed by atoms with Gasteiger partial charge in [-0.1, -0.05) is 50.2 Å². The molecule has 2 aromatic carbocycles. The van der Waals surface area contributed by atoms with E-state index in [0.29, 0.717) is 5.25 Å². The summed E-state index contributed by atoms with van der Waals surface area (Å²) in [6.07, 6.45) is 13.1. The second kappa shape index (κ2) is 10.4. The molecule has 6 rings (SSSR count). The number of hydrogen-bond acceptors (Lipinski definition) is 4. The number of fused-ring (bicyclic) bond motifs is 1. The third-order valence-electron chi connectivity index (χ3n) is 7.01. The summed E-state index contributed by atoms with van der Waals surface area (Å²) in [5.41, 5.74) is 6.38. The van der Waals surface area contributed by atoms with Crippen LogP contribution in [0, 0.1) is 0 Å². The first kappa shape index (κ1) is 23.9. The van der Waals surface area contributed by atoms with Crippen LogP contribution in [0.3, 0.4) is 0 Å². The Hall–Kier alpha value is -2.83. The first-order valence-corrected chi connectivity index (χ1v) is 13.6. The Morgan fingerprint density at radius 1 is 0.914 bits per heavy atom. The van der Waals surface area contributed by atoms with Crippen LogP contribution in [0.15, 0.2) is 72.0 Å². The smallest absolute Gasteiger partial charge is 0.162 e. The first-order valence-electron chi connectivity index (χ1n) is 12.4. The van der Waals surface area contributed by atoms with Crippen molar-refractivity contribution in [3.63, 3.8) is 0 Å². The summed E-state index contributed by atoms with van der Waals surface area (Å²) in [5, 5.41) is 4.90. The fourth-order valence-electron chi connectivity index (χ4n) is 4.82. The topological polar surface area (TPSA) is 50.5 Å². The van der Waals surface area contributed by atoms with Gasteiger partial charge >= 0.3 is 0 Å². The molecular weight excluding hydrogens is 452 g/mol. The minimum atomic E-state index is -0.914. The fraction of sp³-hybridized carbons (Fsp3) is 0.379. The van der Waals surface area contributed by atoms with Crippen molar-refractivity contribution < 1.29 is 4.21 Å². The van der Waals surface area contributed by atoms with Crippen molar-refractivity contribution >= 4 is 16.4 Å². The lowest BCUT2D eigenvalue weighted by Crippen LogP contribution is -2.31. The summed E-state index contributed by atoms with van der Waals surface area (Å²) >= 11 is 0. The summed E-state index contributed by atoms with van der Waals surface area (Å²) < 4.78 is 14.5. The van der Waals surface area contributed by atoms with Crippen LogP contribution < -0.4 is 0 Å². The zero-order valence-corrected chi connectivity index (χ0v) is 20.2. The molecule has 0 radical (unpaired) electrons. The third kappa shape index (κ3) is 5.24. The van der Waals surface area contributed by atoms with Crippen molar-refractivity contribution in [3.05, 3.63) is 72.7 Å². The number of nitrogens with zero attached hydrogens (tertiary/aromatic N) is 4. The minimum absolute atomic E-state index is 0. The van der Waals surface area contributed by atoms with Crippen LogP contribution in [0.1, 0.15) is 45.1 Å². The number of likely N-dealkylation sites (tertiary alicyclic amines) is 1. The molecule has 2 fully saturated rings. The van der Waals surface area contributed by atoms with E-state index in [9.17, 15) is 4.21 Å². The van der Waals surface area contributed by atoms with Crippen LogP contribution in [0.5, 0.6) is 0 Å². The standard InChI is InChI=1S/C28H30N4OS.CH4/c33-34(25-11-12-25)26-6-4-5-23(17-26)27-19-30-32-20-24(18-29-28(27)32)22-9-7-21(8-10-22)13-16-31-14-2-1-3-15-31;/h4-10,17-20,25H,1-3,11-16H2;1H4. The molecule has 1 saturated heterocycles. The highest BCUT2D eigenvalue weighted by Crippen LogP contribution is 2.33. The Kier molecular flexibility index (Phi) is 7.12. The van der Waals surface area contributed by atoms with Gasteiger partial charge < -0.3 is 4.90 Å². The van der Waals surface area contributed by atoms with Gasteiger partial charge in [0.05, 0.1) is 17.0 Å². The van der Waals surface area contributed by atoms with Gasteiger partial charge in [0.15, 0.2) is 5.65 Å². The van der Waals surface area contributed by atoms with Crippen molar-refractivity contribution in [2.75, 3.05) is 19.6 Å². The van der Waals surface area contributed by atoms with Crippen LogP contribution in [-0.2, 0) is 17.2 Å². The summed E-state index contributed by atoms with van der Waals surface area (Å²) in [6, 6.07) is 16.9. The van der Waals surface area contributed by atoms with Crippen LogP contribution in [0.25, 0.3) is 27.9 Å². The highest BCUT2D eigenvalue weighted by Gasteiger charge is 2.29. The van der Waals surface area contributed by atoms with Crippen LogP contribution in [0.2, 0.25) is 0 Å². The largest absolute Gasteiger partial charge is 0.303 e. The average Bonchev–Trinajstić information content (AvgIpc) is 3.67. The van der Waals surface area contributed by atoms with Crippen molar-refractivity contribution in [2.45, 2.75) is 56.1 Å². The van der Waals surface area contributed by atoms with Crippen molar-refractivity contribution in [2.24, 2.45) is 0 Å². The molecule has 6 heteroatoms. The minimum Gasteiger partial charge on any atom is -0.303 e. The quantitative estimate of drug-likeness (QED) is 0.322. The van der Waals surface area contributed by atoms with Crippen molar-refractivity contribution in [1.29, 1.82) is 0 Å². The predicted molar refractivity (Wildman–Crippen MR) is 144 cm³/mol. The molecule has 35 heavy (non-hydrogen) atoms. The molecule has 0 amide bonds. The monoisotopic (exact) mass is 486 g/mol. The van der Waals surface area contributed by atoms with Crippen molar-refractivity contribution in [1.82, 2.24) is 19.5 Å². The number of aromatic nitrogens is 3. The van der Waals surface area contributed by atoms with Gasteiger partial charge in [0.1, 0.15) is 0 Å². The summed E-state index contributed by atoms with van der Waals surface area (Å²) in [5.74, 6) is 0. The van der Waals surface area contributed by atoms with Gasteiger partial charge in [0.2, 0.25) is 0 Å². The van der Waals surface area contributed by atoms with Crippen LogP contribution in [-0.4, -0.2) is 48.6 Å². The van der Waals surface area contributed by atoms with Gasteiger partial charge in [-0.15, -0.1) is 0 Å². The van der Waals surface area contributed by atoms with Gasteiger partial charge in [-0.25, -0.2) is 9.50 Å². The lowest BCUT2D eigenvalue weighted by atomic mass is 10.0. The summed E-state index contributed by atoms with van der Waals surface area (Å²) in [6.45, 7) is 3.65. The Morgan fingerprint density at radius 2 is 1.71 bits per heavy atom. The molecule has 182 valence electrons. The molecule has 1 aliphatic heterocycles. The lowest BCUT2D eigenvalue weighted by Gasteiger charge is -2.26. The maximum Gasteiger partial charge on any atom is 0.162 e. The van der Waals surface area contributed by atoms with Gasteiger partial charge in [0.25, 0.3) is 0 Å². The molecule has 3 heterocycles. The predicted octanol–water partition coefficient (Wildman–Crippen LogP) is 6.00. The van der Waals surface area contributed by atoms with E-state index >= 15 is 0 Å². The van der Waals surface area contributed by atoms with Gasteiger partial charge in [-0.3, -0.25) is 4.21 Å². The molecule has 1 aliphatic carbocycles. The highest BCUT2D eigenvalue weighted by molar-refractivity contribution is 7.86. The highest BCUT2D eigenvalue weighted by atomic mass is 32.2. The van der Waals surface area contributed by atoms with Gasteiger partial charge in [0, 0.05) is 40.2 Å². The van der Waals surface area contributed by atoms with Gasteiger partial charge in [-0.2, -0.15) is 5.10 Å². The maximum atomic E-state index is 12.6. The molecule has 0 N–H and O–H groups in total. The number of piperidine rings is 1. The summed E-state index contributed by atoms with van der Waals surface area (Å²) in [4.78, 5) is 8.24. The molecular formula is C29H34N4OS. The molecule has 4 aromatic rings. The molecule has 0 spiro atoms. The normalized spacial score (nSPS) is 17.3. The number of benzene rings is 2. The molecule has 0 bridgehead atoms. The zero-order chi connectivity index (χ0) is 22.9.